The first-order chi connectivity index (χ1) is 9.25. The van der Waals surface area contributed by atoms with E-state index in [9.17, 15) is 4.79 Å². The summed E-state index contributed by atoms with van der Waals surface area (Å²) in [6.45, 7) is 3.22. The molecule has 5 nitrogen and oxygen atoms in total. The third kappa shape index (κ3) is 4.44. The maximum absolute atomic E-state index is 11.9. The Hall–Kier alpha value is -1.75. The van der Waals surface area contributed by atoms with Gasteiger partial charge < -0.3 is 20.1 Å². The quantitative estimate of drug-likeness (QED) is 0.643. The highest BCUT2D eigenvalue weighted by molar-refractivity contribution is 5.76. The number of hydrogen-bond acceptors (Lipinski definition) is 4. The van der Waals surface area contributed by atoms with Crippen molar-refractivity contribution in [1.82, 2.24) is 4.90 Å². The zero-order valence-corrected chi connectivity index (χ0v) is 11.0. The fourth-order valence-electron chi connectivity index (χ4n) is 1.99. The molecule has 1 aliphatic rings. The van der Waals surface area contributed by atoms with E-state index in [-0.39, 0.29) is 5.91 Å². The van der Waals surface area contributed by atoms with Gasteiger partial charge in [0.05, 0.1) is 19.8 Å². The normalized spacial score (nSPS) is 15.3. The number of nitrogens with zero attached hydrogens (tertiary/aromatic N) is 1. The van der Waals surface area contributed by atoms with Crippen LogP contribution in [0.25, 0.3) is 0 Å². The summed E-state index contributed by atoms with van der Waals surface area (Å²) in [5, 5.41) is 0. The first-order valence-electron chi connectivity index (χ1n) is 6.59. The van der Waals surface area contributed by atoms with E-state index in [1.165, 1.54) is 0 Å². The summed E-state index contributed by atoms with van der Waals surface area (Å²) in [5.74, 6) is 0.929. The molecule has 1 amide bonds. The number of carbonyl (C=O) groups excluding carboxylic acids is 1. The molecular formula is C14H20N2O3. The molecular weight excluding hydrogens is 244 g/mol. The molecule has 1 aromatic rings. The Bertz CT molecular complexity index is 417. The van der Waals surface area contributed by atoms with E-state index in [4.69, 9.17) is 15.2 Å². The van der Waals surface area contributed by atoms with Crippen molar-refractivity contribution < 1.29 is 14.3 Å². The molecule has 0 radical (unpaired) electrons. The Balaban J connectivity index is 1.65. The monoisotopic (exact) mass is 264 g/mol. The zero-order valence-electron chi connectivity index (χ0n) is 11.0. The molecule has 1 fully saturated rings. The lowest BCUT2D eigenvalue weighted by atomic mass is 10.2. The molecule has 5 heteroatoms. The largest absolute Gasteiger partial charge is 0.494 e. The molecule has 104 valence electrons. The van der Waals surface area contributed by atoms with Crippen molar-refractivity contribution in [2.45, 2.75) is 12.8 Å². The van der Waals surface area contributed by atoms with Crippen LogP contribution in [0.5, 0.6) is 5.75 Å². The number of carbonyl (C=O) groups is 1. The summed E-state index contributed by atoms with van der Waals surface area (Å²) in [5.41, 5.74) is 6.34. The number of benzene rings is 1. The highest BCUT2D eigenvalue weighted by atomic mass is 16.5. The molecule has 0 unspecified atom stereocenters. The van der Waals surface area contributed by atoms with Crippen LogP contribution in [0.15, 0.2) is 24.3 Å². The zero-order chi connectivity index (χ0) is 13.5. The number of nitrogens with two attached hydrogens (primary N) is 1. The Morgan fingerprint density at radius 3 is 2.89 bits per heavy atom. The Labute approximate surface area is 113 Å². The molecule has 1 aromatic carbocycles. The fraction of sp³-hybridized carbons (Fsp3) is 0.500. The SMILES string of the molecule is Nc1cccc(OCCCC(=O)N2CCOCC2)c1. The number of ether oxygens (including phenoxy) is 2. The molecule has 2 N–H and O–H groups in total. The lowest BCUT2D eigenvalue weighted by Gasteiger charge is -2.26. The van der Waals surface area contributed by atoms with E-state index < -0.39 is 0 Å². The van der Waals surface area contributed by atoms with Gasteiger partial charge in [0.25, 0.3) is 0 Å². The van der Waals surface area contributed by atoms with Crippen LogP contribution in [-0.4, -0.2) is 43.7 Å². The molecule has 1 saturated heterocycles. The molecule has 0 spiro atoms. The number of amides is 1. The predicted octanol–water partition coefficient (Wildman–Crippen LogP) is 1.29. The summed E-state index contributed by atoms with van der Waals surface area (Å²) >= 11 is 0. The first kappa shape index (κ1) is 13.7. The molecule has 0 aromatic heterocycles. The number of anilines is 1. The van der Waals surface area contributed by atoms with Gasteiger partial charge in [0.15, 0.2) is 0 Å². The maximum atomic E-state index is 11.9. The minimum atomic E-state index is 0.180. The van der Waals surface area contributed by atoms with E-state index in [2.05, 4.69) is 0 Å². The van der Waals surface area contributed by atoms with Crippen molar-refractivity contribution in [3.8, 4) is 5.75 Å². The van der Waals surface area contributed by atoms with Gasteiger partial charge in [0.2, 0.25) is 5.91 Å². The van der Waals surface area contributed by atoms with Gasteiger partial charge in [0.1, 0.15) is 5.75 Å². The number of rotatable bonds is 5. The van der Waals surface area contributed by atoms with Gasteiger partial charge in [-0.25, -0.2) is 0 Å². The summed E-state index contributed by atoms with van der Waals surface area (Å²) in [6, 6.07) is 7.31. The lowest BCUT2D eigenvalue weighted by Crippen LogP contribution is -2.40. The van der Waals surface area contributed by atoms with Crippen LogP contribution in [0.2, 0.25) is 0 Å². The van der Waals surface area contributed by atoms with Gasteiger partial charge in [-0.2, -0.15) is 0 Å². The number of nitrogen functional groups attached to an aromatic ring is 1. The fourth-order valence-corrected chi connectivity index (χ4v) is 1.99. The molecule has 0 saturated carbocycles. The van der Waals surface area contributed by atoms with Crippen LogP contribution < -0.4 is 10.5 Å². The number of hydrogen-bond donors (Lipinski definition) is 1. The maximum Gasteiger partial charge on any atom is 0.222 e. The van der Waals surface area contributed by atoms with Gasteiger partial charge in [-0.3, -0.25) is 4.79 Å². The minimum Gasteiger partial charge on any atom is -0.494 e. The highest BCUT2D eigenvalue weighted by Gasteiger charge is 2.15. The van der Waals surface area contributed by atoms with Crippen molar-refractivity contribution in [3.05, 3.63) is 24.3 Å². The topological polar surface area (TPSA) is 64.8 Å². The second-order valence-corrected chi connectivity index (χ2v) is 4.52. The summed E-state index contributed by atoms with van der Waals surface area (Å²) in [4.78, 5) is 13.7. The molecule has 0 aliphatic carbocycles. The average Bonchev–Trinajstić information content (AvgIpc) is 2.44. The van der Waals surface area contributed by atoms with Crippen molar-refractivity contribution in [2.75, 3.05) is 38.6 Å². The van der Waals surface area contributed by atoms with Crippen molar-refractivity contribution in [2.24, 2.45) is 0 Å². The van der Waals surface area contributed by atoms with E-state index in [1.54, 1.807) is 6.07 Å². The second kappa shape index (κ2) is 6.99. The van der Waals surface area contributed by atoms with Crippen LogP contribution in [0.3, 0.4) is 0 Å². The van der Waals surface area contributed by atoms with Crippen LogP contribution in [0.4, 0.5) is 5.69 Å². The van der Waals surface area contributed by atoms with Crippen LogP contribution in [0, 0.1) is 0 Å². The Morgan fingerprint density at radius 1 is 1.37 bits per heavy atom. The van der Waals surface area contributed by atoms with E-state index in [0.29, 0.717) is 51.4 Å². The van der Waals surface area contributed by atoms with Crippen LogP contribution in [-0.2, 0) is 9.53 Å². The van der Waals surface area contributed by atoms with Gasteiger partial charge in [-0.1, -0.05) is 6.07 Å². The van der Waals surface area contributed by atoms with Gasteiger partial charge >= 0.3 is 0 Å². The molecule has 0 bridgehead atoms. The van der Waals surface area contributed by atoms with Crippen LogP contribution >= 0.6 is 0 Å². The standard InChI is InChI=1S/C14H20N2O3/c15-12-3-1-4-13(11-12)19-8-2-5-14(17)16-6-9-18-10-7-16/h1,3-4,11H,2,5-10,15H2. The predicted molar refractivity (Wildman–Crippen MR) is 73.0 cm³/mol. The van der Waals surface area contributed by atoms with Gasteiger partial charge in [-0.05, 0) is 18.6 Å². The Kier molecular flexibility index (Phi) is 5.03. The molecule has 19 heavy (non-hydrogen) atoms. The summed E-state index contributed by atoms with van der Waals surface area (Å²) in [7, 11) is 0. The molecule has 0 atom stereocenters. The first-order valence-corrected chi connectivity index (χ1v) is 6.59. The summed E-state index contributed by atoms with van der Waals surface area (Å²) in [6.07, 6.45) is 1.23. The molecule has 1 heterocycles. The van der Waals surface area contributed by atoms with Crippen molar-refractivity contribution in [1.29, 1.82) is 0 Å². The Morgan fingerprint density at radius 2 is 2.16 bits per heavy atom. The summed E-state index contributed by atoms with van der Waals surface area (Å²) < 4.78 is 10.8. The smallest absolute Gasteiger partial charge is 0.222 e. The molecule has 2 rings (SSSR count). The lowest BCUT2D eigenvalue weighted by molar-refractivity contribution is -0.135. The highest BCUT2D eigenvalue weighted by Crippen LogP contribution is 2.14. The third-order valence-electron chi connectivity index (χ3n) is 3.03. The third-order valence-corrected chi connectivity index (χ3v) is 3.03. The minimum absolute atomic E-state index is 0.180. The van der Waals surface area contributed by atoms with Crippen molar-refractivity contribution in [3.63, 3.8) is 0 Å². The van der Waals surface area contributed by atoms with Gasteiger partial charge in [-0.15, -0.1) is 0 Å². The van der Waals surface area contributed by atoms with E-state index in [1.807, 2.05) is 23.1 Å². The van der Waals surface area contributed by atoms with E-state index >= 15 is 0 Å². The van der Waals surface area contributed by atoms with Gasteiger partial charge in [0, 0.05) is 31.3 Å². The average molecular weight is 264 g/mol. The molecule has 1 aliphatic heterocycles. The van der Waals surface area contributed by atoms with Crippen molar-refractivity contribution >= 4 is 11.6 Å². The van der Waals surface area contributed by atoms with E-state index in [0.717, 1.165) is 5.75 Å². The number of morpholine rings is 1. The second-order valence-electron chi connectivity index (χ2n) is 4.52. The van der Waals surface area contributed by atoms with Crippen LogP contribution in [0.1, 0.15) is 12.8 Å².